The largest absolute Gasteiger partial charge is 0.491 e. The predicted octanol–water partition coefficient (Wildman–Crippen LogP) is 1.25. The lowest BCUT2D eigenvalue weighted by Gasteiger charge is -2.16. The van der Waals surface area contributed by atoms with Crippen LogP contribution in [0.25, 0.3) is 0 Å². The number of aldehydes is 1. The van der Waals surface area contributed by atoms with Crippen LogP contribution in [0.15, 0.2) is 12.3 Å². The van der Waals surface area contributed by atoms with Crippen molar-refractivity contribution in [2.24, 2.45) is 0 Å². The van der Waals surface area contributed by atoms with E-state index < -0.39 is 5.95 Å². The minimum Gasteiger partial charge on any atom is -0.491 e. The summed E-state index contributed by atoms with van der Waals surface area (Å²) in [6, 6.07) is 1.21. The number of anilines is 1. The summed E-state index contributed by atoms with van der Waals surface area (Å²) >= 11 is 0. The van der Waals surface area contributed by atoms with Gasteiger partial charge in [-0.1, -0.05) is 0 Å². The van der Waals surface area contributed by atoms with E-state index in [1.54, 1.807) is 4.90 Å². The molecule has 1 rings (SSSR count). The molecule has 1 aromatic heterocycles. The van der Waals surface area contributed by atoms with Gasteiger partial charge in [0.1, 0.15) is 12.0 Å². The highest BCUT2D eigenvalue weighted by molar-refractivity contribution is 5.56. The average Bonchev–Trinajstić information content (AvgIpc) is 2.18. The van der Waals surface area contributed by atoms with E-state index in [4.69, 9.17) is 4.74 Å². The molecule has 0 aliphatic rings. The van der Waals surface area contributed by atoms with E-state index in [2.05, 4.69) is 4.98 Å². The van der Waals surface area contributed by atoms with Crippen LogP contribution in [-0.4, -0.2) is 32.0 Å². The van der Waals surface area contributed by atoms with Crippen molar-refractivity contribution in [1.82, 2.24) is 4.98 Å². The highest BCUT2D eigenvalue weighted by Gasteiger charge is 2.08. The average molecular weight is 212 g/mol. The molecule has 1 aromatic rings. The topological polar surface area (TPSA) is 42.4 Å². The molecule has 82 valence electrons. The summed E-state index contributed by atoms with van der Waals surface area (Å²) in [4.78, 5) is 15.4. The van der Waals surface area contributed by atoms with Crippen molar-refractivity contribution in [2.75, 3.05) is 25.6 Å². The van der Waals surface area contributed by atoms with Crippen molar-refractivity contribution in [2.45, 2.75) is 6.42 Å². The fourth-order valence-electron chi connectivity index (χ4n) is 1.07. The quantitative estimate of drug-likeness (QED) is 0.418. The second-order valence-corrected chi connectivity index (χ2v) is 3.17. The van der Waals surface area contributed by atoms with E-state index in [9.17, 15) is 9.18 Å². The maximum absolute atomic E-state index is 12.8. The minimum absolute atomic E-state index is 0.244. The number of hydrogen-bond acceptors (Lipinski definition) is 4. The van der Waals surface area contributed by atoms with Gasteiger partial charge in [0.2, 0.25) is 5.95 Å². The number of halogens is 1. The smallest absolute Gasteiger partial charge is 0.216 e. The number of rotatable bonds is 5. The summed E-state index contributed by atoms with van der Waals surface area (Å²) in [6.07, 6.45) is 2.44. The van der Waals surface area contributed by atoms with Crippen LogP contribution in [-0.2, 0) is 4.79 Å². The van der Waals surface area contributed by atoms with Crippen molar-refractivity contribution in [3.8, 4) is 5.75 Å². The molecule has 0 bridgehead atoms. The maximum atomic E-state index is 12.8. The Kier molecular flexibility index (Phi) is 4.03. The van der Waals surface area contributed by atoms with Gasteiger partial charge >= 0.3 is 0 Å². The van der Waals surface area contributed by atoms with E-state index in [0.717, 1.165) is 6.29 Å². The lowest BCUT2D eigenvalue weighted by atomic mass is 10.3. The Morgan fingerprint density at radius 3 is 2.93 bits per heavy atom. The Bertz CT molecular complexity index is 342. The first-order chi connectivity index (χ1) is 7.15. The summed E-state index contributed by atoms with van der Waals surface area (Å²) in [5.41, 5.74) is 0.683. The number of ether oxygens (including phenoxy) is 1. The second kappa shape index (κ2) is 5.29. The molecule has 0 saturated carbocycles. The van der Waals surface area contributed by atoms with E-state index >= 15 is 0 Å². The molecule has 15 heavy (non-hydrogen) atoms. The fourth-order valence-corrected chi connectivity index (χ4v) is 1.07. The fraction of sp³-hybridized carbons (Fsp3) is 0.400. The van der Waals surface area contributed by atoms with Gasteiger partial charge in [0.25, 0.3) is 0 Å². The van der Waals surface area contributed by atoms with Crippen LogP contribution in [0.2, 0.25) is 0 Å². The Balaban J connectivity index is 2.82. The van der Waals surface area contributed by atoms with Crippen molar-refractivity contribution < 1.29 is 13.9 Å². The lowest BCUT2D eigenvalue weighted by molar-refractivity contribution is -0.108. The summed E-state index contributed by atoms with van der Waals surface area (Å²) in [5, 5.41) is 0. The number of carbonyl (C=O) groups excluding carboxylic acids is 1. The molecule has 0 N–H and O–H groups in total. The van der Waals surface area contributed by atoms with Gasteiger partial charge in [0.05, 0.1) is 18.5 Å². The van der Waals surface area contributed by atoms with Gasteiger partial charge in [-0.05, 0) is 0 Å². The van der Waals surface area contributed by atoms with E-state index in [1.165, 1.54) is 12.3 Å². The van der Waals surface area contributed by atoms with Crippen molar-refractivity contribution >= 4 is 12.0 Å². The second-order valence-electron chi connectivity index (χ2n) is 3.17. The Hall–Kier alpha value is -1.65. The first-order valence-corrected chi connectivity index (χ1v) is 4.54. The van der Waals surface area contributed by atoms with Crippen LogP contribution in [0.3, 0.4) is 0 Å². The third-order valence-electron chi connectivity index (χ3n) is 1.79. The molecule has 4 nitrogen and oxygen atoms in total. The van der Waals surface area contributed by atoms with Crippen LogP contribution < -0.4 is 9.64 Å². The first-order valence-electron chi connectivity index (χ1n) is 4.54. The van der Waals surface area contributed by atoms with Gasteiger partial charge in [0.15, 0.2) is 0 Å². The molecule has 0 spiro atoms. The highest BCUT2D eigenvalue weighted by atomic mass is 19.1. The maximum Gasteiger partial charge on any atom is 0.216 e. The van der Waals surface area contributed by atoms with Crippen molar-refractivity contribution in [3.63, 3.8) is 0 Å². The molecule has 0 atom stereocenters. The van der Waals surface area contributed by atoms with Crippen LogP contribution in [0.5, 0.6) is 5.75 Å². The Labute approximate surface area is 87.7 Å². The van der Waals surface area contributed by atoms with Gasteiger partial charge in [-0.2, -0.15) is 4.39 Å². The number of aromatic nitrogens is 1. The van der Waals surface area contributed by atoms with Gasteiger partial charge in [-0.15, -0.1) is 0 Å². The zero-order valence-corrected chi connectivity index (χ0v) is 8.74. The van der Waals surface area contributed by atoms with E-state index in [1.807, 2.05) is 14.1 Å². The Morgan fingerprint density at radius 1 is 1.60 bits per heavy atom. The highest BCUT2D eigenvalue weighted by Crippen LogP contribution is 2.26. The summed E-state index contributed by atoms with van der Waals surface area (Å²) in [5.74, 6) is -0.198. The van der Waals surface area contributed by atoms with Gasteiger partial charge in [-0.25, -0.2) is 4.98 Å². The monoisotopic (exact) mass is 212 g/mol. The molecule has 1 heterocycles. The molecule has 0 radical (unpaired) electrons. The molecule has 0 fully saturated rings. The van der Waals surface area contributed by atoms with Gasteiger partial charge in [-0.3, -0.25) is 0 Å². The number of pyridine rings is 1. The minimum atomic E-state index is -0.596. The van der Waals surface area contributed by atoms with Crippen LogP contribution in [0.1, 0.15) is 6.42 Å². The van der Waals surface area contributed by atoms with Crippen LogP contribution in [0.4, 0.5) is 10.1 Å². The summed E-state index contributed by atoms with van der Waals surface area (Å²) < 4.78 is 18.1. The Morgan fingerprint density at radius 2 is 2.33 bits per heavy atom. The van der Waals surface area contributed by atoms with Crippen molar-refractivity contribution in [1.29, 1.82) is 0 Å². The molecular formula is C10H13FN2O2. The van der Waals surface area contributed by atoms with Crippen molar-refractivity contribution in [3.05, 3.63) is 18.2 Å². The molecule has 5 heteroatoms. The van der Waals surface area contributed by atoms with Crippen LogP contribution in [0, 0.1) is 5.95 Å². The number of nitrogens with zero attached hydrogens (tertiary/aromatic N) is 2. The standard InChI is InChI=1S/C10H13FN2O2/c1-13(2)8-7-12-10(11)6-9(8)15-5-3-4-14/h4,6-7H,3,5H2,1-2H3. The normalized spacial score (nSPS) is 9.80. The number of carbonyl (C=O) groups is 1. The zero-order valence-electron chi connectivity index (χ0n) is 8.74. The summed E-state index contributed by atoms with van der Waals surface area (Å²) in [6.45, 7) is 0.244. The molecule has 0 amide bonds. The van der Waals surface area contributed by atoms with Crippen LogP contribution >= 0.6 is 0 Å². The van der Waals surface area contributed by atoms with E-state index in [0.29, 0.717) is 11.4 Å². The third-order valence-corrected chi connectivity index (χ3v) is 1.79. The molecule has 0 aliphatic carbocycles. The third kappa shape index (κ3) is 3.19. The summed E-state index contributed by atoms with van der Waals surface area (Å²) in [7, 11) is 3.61. The SMILES string of the molecule is CN(C)c1cnc(F)cc1OCCC=O. The lowest BCUT2D eigenvalue weighted by Crippen LogP contribution is -2.12. The molecule has 0 aromatic carbocycles. The first kappa shape index (κ1) is 11.4. The zero-order chi connectivity index (χ0) is 11.3. The molecule has 0 unspecified atom stereocenters. The number of hydrogen-bond donors (Lipinski definition) is 0. The van der Waals surface area contributed by atoms with Gasteiger partial charge < -0.3 is 14.4 Å². The molecule has 0 saturated heterocycles. The molecule has 0 aliphatic heterocycles. The predicted molar refractivity (Wildman–Crippen MR) is 54.7 cm³/mol. The molecular weight excluding hydrogens is 199 g/mol. The van der Waals surface area contributed by atoms with Gasteiger partial charge in [0, 0.05) is 26.6 Å². The van der Waals surface area contributed by atoms with E-state index in [-0.39, 0.29) is 13.0 Å².